The summed E-state index contributed by atoms with van der Waals surface area (Å²) < 4.78 is 0. The van der Waals surface area contributed by atoms with Crippen molar-refractivity contribution in [2.45, 2.75) is 19.9 Å². The van der Waals surface area contributed by atoms with Crippen LogP contribution in [0.5, 0.6) is 0 Å². The van der Waals surface area contributed by atoms with E-state index >= 15 is 0 Å². The molecule has 0 aliphatic carbocycles. The van der Waals surface area contributed by atoms with Crippen molar-refractivity contribution in [2.75, 3.05) is 19.7 Å². The van der Waals surface area contributed by atoms with Gasteiger partial charge in [-0.3, -0.25) is 4.90 Å². The molecule has 118 valence electrons. The van der Waals surface area contributed by atoms with E-state index in [1.54, 1.807) is 5.38 Å². The second-order valence-electron chi connectivity index (χ2n) is 5.02. The van der Waals surface area contributed by atoms with Gasteiger partial charge < -0.3 is 10.2 Å². The van der Waals surface area contributed by atoms with E-state index in [1.807, 2.05) is 12.1 Å². The van der Waals surface area contributed by atoms with Crippen LogP contribution in [0.25, 0.3) is 0 Å². The Kier molecular flexibility index (Phi) is 6.06. The van der Waals surface area contributed by atoms with Gasteiger partial charge in [-0.1, -0.05) is 31.2 Å². The van der Waals surface area contributed by atoms with E-state index in [1.165, 1.54) is 16.9 Å². The number of benzene rings is 1. The van der Waals surface area contributed by atoms with Crippen LogP contribution in [0.1, 0.15) is 33.5 Å². The molecule has 0 saturated heterocycles. The maximum Gasteiger partial charge on any atom is 0.355 e. The molecule has 0 radical (unpaired) electrons. The van der Waals surface area contributed by atoms with Crippen LogP contribution < -0.4 is 0 Å². The monoisotopic (exact) mass is 320 g/mol. The summed E-state index contributed by atoms with van der Waals surface area (Å²) in [7, 11) is 0. The predicted molar refractivity (Wildman–Crippen MR) is 86.4 cm³/mol. The second kappa shape index (κ2) is 8.03. The largest absolute Gasteiger partial charge is 0.476 e. The maximum absolute atomic E-state index is 10.9. The Hall–Kier alpha value is -1.76. The summed E-state index contributed by atoms with van der Waals surface area (Å²) in [6, 6.07) is 8.20. The number of carboxylic acid groups (broad SMARTS) is 1. The van der Waals surface area contributed by atoms with Crippen LogP contribution in [0.15, 0.2) is 29.6 Å². The molecule has 2 rings (SSSR count). The Morgan fingerprint density at radius 1 is 1.36 bits per heavy atom. The summed E-state index contributed by atoms with van der Waals surface area (Å²) in [5.74, 6) is -0.987. The van der Waals surface area contributed by atoms with Crippen LogP contribution in [-0.4, -0.2) is 45.8 Å². The first-order chi connectivity index (χ1) is 10.6. The number of aliphatic hydroxyl groups excluding tert-OH is 1. The molecule has 1 aromatic heterocycles. The summed E-state index contributed by atoms with van der Waals surface area (Å²) >= 11 is 1.37. The van der Waals surface area contributed by atoms with Gasteiger partial charge >= 0.3 is 5.97 Å². The number of aromatic nitrogens is 1. The summed E-state index contributed by atoms with van der Waals surface area (Å²) in [6.07, 6.45) is 0.637. The van der Waals surface area contributed by atoms with Gasteiger partial charge in [-0.15, -0.1) is 11.3 Å². The highest BCUT2D eigenvalue weighted by Crippen LogP contribution is 2.16. The molecule has 1 aromatic carbocycles. The standard InChI is InChI=1S/C16H20N2O3S/c1-2-18(6-7-19)10-13-5-3-4-12(8-13)9-15-17-14(11-22-15)16(20)21/h3-5,8,11,19H,2,6-7,9-10H2,1H3,(H,20,21). The minimum absolute atomic E-state index is 0.108. The van der Waals surface area contributed by atoms with Crippen LogP contribution in [0.3, 0.4) is 0 Å². The molecule has 0 atom stereocenters. The smallest absolute Gasteiger partial charge is 0.355 e. The van der Waals surface area contributed by atoms with Crippen molar-refractivity contribution in [2.24, 2.45) is 0 Å². The van der Waals surface area contributed by atoms with Crippen molar-refractivity contribution >= 4 is 17.3 Å². The maximum atomic E-state index is 10.9. The van der Waals surface area contributed by atoms with Gasteiger partial charge in [-0.05, 0) is 17.7 Å². The SMILES string of the molecule is CCN(CCO)Cc1cccc(Cc2nc(C(=O)O)cs2)c1. The molecule has 2 N–H and O–H groups in total. The summed E-state index contributed by atoms with van der Waals surface area (Å²) in [5, 5.41) is 20.3. The minimum atomic E-state index is -0.987. The first-order valence-corrected chi connectivity index (χ1v) is 8.09. The van der Waals surface area contributed by atoms with Gasteiger partial charge in [0, 0.05) is 24.9 Å². The highest BCUT2D eigenvalue weighted by Gasteiger charge is 2.09. The van der Waals surface area contributed by atoms with Gasteiger partial charge in [0.1, 0.15) is 0 Å². The lowest BCUT2D eigenvalue weighted by Gasteiger charge is -2.19. The molecule has 0 saturated carbocycles. The number of carboxylic acids is 1. The zero-order valence-electron chi connectivity index (χ0n) is 12.5. The summed E-state index contributed by atoms with van der Waals surface area (Å²) in [4.78, 5) is 17.1. The Morgan fingerprint density at radius 3 is 2.77 bits per heavy atom. The van der Waals surface area contributed by atoms with E-state index in [0.717, 1.165) is 23.7 Å². The van der Waals surface area contributed by atoms with Crippen molar-refractivity contribution in [1.82, 2.24) is 9.88 Å². The van der Waals surface area contributed by atoms with Crippen molar-refractivity contribution in [3.63, 3.8) is 0 Å². The Balaban J connectivity index is 2.05. The van der Waals surface area contributed by atoms with Crippen LogP contribution in [0.2, 0.25) is 0 Å². The fourth-order valence-corrected chi connectivity index (χ4v) is 3.05. The number of aliphatic hydroxyl groups is 1. The first-order valence-electron chi connectivity index (χ1n) is 7.21. The molecule has 6 heteroatoms. The fraction of sp³-hybridized carbons (Fsp3) is 0.375. The van der Waals surface area contributed by atoms with Crippen LogP contribution >= 0.6 is 11.3 Å². The lowest BCUT2D eigenvalue weighted by molar-refractivity contribution is 0.0691. The zero-order chi connectivity index (χ0) is 15.9. The average molecular weight is 320 g/mol. The molecule has 2 aromatic rings. The fourth-order valence-electron chi connectivity index (χ4n) is 2.25. The zero-order valence-corrected chi connectivity index (χ0v) is 13.3. The lowest BCUT2D eigenvalue weighted by Crippen LogP contribution is -2.26. The number of thiazole rings is 1. The van der Waals surface area contributed by atoms with E-state index in [0.29, 0.717) is 13.0 Å². The van der Waals surface area contributed by atoms with Crippen LogP contribution in [-0.2, 0) is 13.0 Å². The van der Waals surface area contributed by atoms with Crippen molar-refractivity contribution in [3.05, 3.63) is 51.5 Å². The first kappa shape index (κ1) is 16.6. The Bertz CT molecular complexity index is 627. The molecule has 0 fully saturated rings. The topological polar surface area (TPSA) is 73.7 Å². The van der Waals surface area contributed by atoms with Gasteiger partial charge in [0.15, 0.2) is 5.69 Å². The molecule has 22 heavy (non-hydrogen) atoms. The number of nitrogens with zero attached hydrogens (tertiary/aromatic N) is 2. The molecule has 0 aliphatic heterocycles. The summed E-state index contributed by atoms with van der Waals surface area (Å²) in [5.41, 5.74) is 2.41. The molecule has 0 aliphatic rings. The molecule has 0 bridgehead atoms. The van der Waals surface area contributed by atoms with E-state index in [9.17, 15) is 4.79 Å². The van der Waals surface area contributed by atoms with Gasteiger partial charge in [0.25, 0.3) is 0 Å². The van der Waals surface area contributed by atoms with E-state index in [-0.39, 0.29) is 12.3 Å². The highest BCUT2D eigenvalue weighted by atomic mass is 32.1. The van der Waals surface area contributed by atoms with Crippen molar-refractivity contribution < 1.29 is 15.0 Å². The number of hydrogen-bond acceptors (Lipinski definition) is 5. The third-order valence-electron chi connectivity index (χ3n) is 3.39. The second-order valence-corrected chi connectivity index (χ2v) is 5.96. The third-order valence-corrected chi connectivity index (χ3v) is 4.24. The normalized spacial score (nSPS) is 11.0. The number of likely N-dealkylation sites (N-methyl/N-ethyl adjacent to an activating group) is 1. The number of aromatic carboxylic acids is 1. The van der Waals surface area contributed by atoms with E-state index < -0.39 is 5.97 Å². The molecular weight excluding hydrogens is 300 g/mol. The summed E-state index contributed by atoms with van der Waals surface area (Å²) in [6.45, 7) is 4.57. The van der Waals surface area contributed by atoms with Gasteiger partial charge in [0.2, 0.25) is 0 Å². The lowest BCUT2D eigenvalue weighted by atomic mass is 10.1. The third kappa shape index (κ3) is 4.62. The molecular formula is C16H20N2O3S. The molecule has 0 spiro atoms. The van der Waals surface area contributed by atoms with Gasteiger partial charge in [-0.2, -0.15) is 0 Å². The predicted octanol–water partition coefficient (Wildman–Crippen LogP) is 2.25. The molecule has 0 amide bonds. The van der Waals surface area contributed by atoms with E-state index in [2.05, 4.69) is 28.9 Å². The van der Waals surface area contributed by atoms with Crippen molar-refractivity contribution in [3.8, 4) is 0 Å². The number of rotatable bonds is 8. The average Bonchev–Trinajstić information content (AvgIpc) is 2.96. The number of hydrogen-bond donors (Lipinski definition) is 2. The number of carbonyl (C=O) groups is 1. The highest BCUT2D eigenvalue weighted by molar-refractivity contribution is 7.09. The van der Waals surface area contributed by atoms with E-state index in [4.69, 9.17) is 10.2 Å². The molecule has 1 heterocycles. The van der Waals surface area contributed by atoms with Gasteiger partial charge in [0.05, 0.1) is 11.6 Å². The van der Waals surface area contributed by atoms with Crippen LogP contribution in [0, 0.1) is 0 Å². The Morgan fingerprint density at radius 2 is 2.14 bits per heavy atom. The molecule has 5 nitrogen and oxygen atoms in total. The quantitative estimate of drug-likeness (QED) is 0.780. The van der Waals surface area contributed by atoms with Crippen molar-refractivity contribution in [1.29, 1.82) is 0 Å². The minimum Gasteiger partial charge on any atom is -0.476 e. The molecule has 0 unspecified atom stereocenters. The van der Waals surface area contributed by atoms with Crippen LogP contribution in [0.4, 0.5) is 0 Å². The Labute approximate surface area is 133 Å². The van der Waals surface area contributed by atoms with Gasteiger partial charge in [-0.25, -0.2) is 9.78 Å².